The van der Waals surface area contributed by atoms with Crippen LogP contribution in [-0.4, -0.2) is 44.4 Å². The minimum atomic E-state index is -0.171. The fourth-order valence-electron chi connectivity index (χ4n) is 3.64. The lowest BCUT2D eigenvalue weighted by molar-refractivity contribution is 0.174. The van der Waals surface area contributed by atoms with Crippen molar-refractivity contribution in [1.29, 1.82) is 0 Å². The van der Waals surface area contributed by atoms with Crippen LogP contribution in [0.25, 0.3) is 0 Å². The molecule has 0 N–H and O–H groups in total. The predicted octanol–water partition coefficient (Wildman–Crippen LogP) is 3.70. The van der Waals surface area contributed by atoms with Crippen molar-refractivity contribution in [2.45, 2.75) is 19.3 Å². The molecule has 4 nitrogen and oxygen atoms in total. The van der Waals surface area contributed by atoms with Crippen LogP contribution in [0.5, 0.6) is 11.5 Å². The number of benzene rings is 2. The molecule has 5 heteroatoms. The zero-order valence-electron chi connectivity index (χ0n) is 15.0. The summed E-state index contributed by atoms with van der Waals surface area (Å²) < 4.78 is 23.8. The molecule has 2 aromatic carbocycles. The third kappa shape index (κ3) is 4.10. The summed E-state index contributed by atoms with van der Waals surface area (Å²) in [5.74, 6) is 1.56. The van der Waals surface area contributed by atoms with Gasteiger partial charge in [-0.3, -0.25) is 4.90 Å². The van der Waals surface area contributed by atoms with Gasteiger partial charge in [-0.25, -0.2) is 4.39 Å². The maximum atomic E-state index is 13.0. The second-order valence-corrected chi connectivity index (χ2v) is 6.95. The Hall–Kier alpha value is -2.27. The molecule has 0 bridgehead atoms. The Morgan fingerprint density at radius 3 is 2.42 bits per heavy atom. The minimum Gasteiger partial charge on any atom is -0.454 e. The molecule has 2 aliphatic heterocycles. The van der Waals surface area contributed by atoms with Crippen LogP contribution in [0.15, 0.2) is 42.5 Å². The molecule has 0 aliphatic carbocycles. The molecule has 0 radical (unpaired) electrons. The molecule has 4 rings (SSSR count). The van der Waals surface area contributed by atoms with Crippen molar-refractivity contribution in [3.8, 4) is 11.5 Å². The third-order valence-electron chi connectivity index (χ3n) is 5.19. The average Bonchev–Trinajstić information content (AvgIpc) is 3.14. The number of halogens is 1. The fraction of sp³-hybridized carbons (Fsp3) is 0.429. The predicted molar refractivity (Wildman–Crippen MR) is 101 cm³/mol. The van der Waals surface area contributed by atoms with Gasteiger partial charge >= 0.3 is 0 Å². The van der Waals surface area contributed by atoms with E-state index in [2.05, 4.69) is 21.9 Å². The highest BCUT2D eigenvalue weighted by Crippen LogP contribution is 2.32. The largest absolute Gasteiger partial charge is 0.454 e. The van der Waals surface area contributed by atoms with Crippen molar-refractivity contribution in [1.82, 2.24) is 4.90 Å². The van der Waals surface area contributed by atoms with Crippen LogP contribution in [0, 0.1) is 5.82 Å². The first kappa shape index (κ1) is 17.2. The number of piperazine rings is 1. The third-order valence-corrected chi connectivity index (χ3v) is 5.19. The van der Waals surface area contributed by atoms with E-state index in [9.17, 15) is 4.39 Å². The Morgan fingerprint density at radius 2 is 1.62 bits per heavy atom. The van der Waals surface area contributed by atoms with Gasteiger partial charge in [0.25, 0.3) is 0 Å². The molecule has 138 valence electrons. The van der Waals surface area contributed by atoms with Gasteiger partial charge < -0.3 is 14.4 Å². The summed E-state index contributed by atoms with van der Waals surface area (Å²) in [4.78, 5) is 4.86. The van der Waals surface area contributed by atoms with Crippen LogP contribution >= 0.6 is 0 Å². The number of hydrogen-bond donors (Lipinski definition) is 0. The summed E-state index contributed by atoms with van der Waals surface area (Å²) in [7, 11) is 0. The molecule has 0 atom stereocenters. The zero-order valence-corrected chi connectivity index (χ0v) is 15.0. The number of nitrogens with zero attached hydrogens (tertiary/aromatic N) is 2. The summed E-state index contributed by atoms with van der Waals surface area (Å²) >= 11 is 0. The highest BCUT2D eigenvalue weighted by atomic mass is 19.1. The van der Waals surface area contributed by atoms with Gasteiger partial charge in [0, 0.05) is 31.9 Å². The smallest absolute Gasteiger partial charge is 0.231 e. The molecule has 2 heterocycles. The summed E-state index contributed by atoms with van der Waals surface area (Å²) in [6.07, 6.45) is 3.45. The summed E-state index contributed by atoms with van der Waals surface area (Å²) in [5.41, 5.74) is 2.43. The van der Waals surface area contributed by atoms with E-state index in [-0.39, 0.29) is 5.82 Å². The molecular formula is C21H25FN2O2. The number of hydrogen-bond acceptors (Lipinski definition) is 4. The van der Waals surface area contributed by atoms with Gasteiger partial charge in [-0.15, -0.1) is 0 Å². The Labute approximate surface area is 154 Å². The first-order valence-electron chi connectivity index (χ1n) is 9.39. The summed E-state index contributed by atoms with van der Waals surface area (Å²) in [6, 6.07) is 13.1. The number of aryl methyl sites for hydroxylation is 1. The van der Waals surface area contributed by atoms with Crippen molar-refractivity contribution in [2.24, 2.45) is 0 Å². The Morgan fingerprint density at radius 1 is 0.846 bits per heavy atom. The first-order chi connectivity index (χ1) is 12.8. The van der Waals surface area contributed by atoms with Crippen LogP contribution in [-0.2, 0) is 6.42 Å². The molecule has 2 aromatic rings. The first-order valence-corrected chi connectivity index (χ1v) is 9.39. The number of rotatable bonds is 6. The van der Waals surface area contributed by atoms with Gasteiger partial charge in [0.2, 0.25) is 6.79 Å². The van der Waals surface area contributed by atoms with Gasteiger partial charge in [0.15, 0.2) is 11.5 Å². The van der Waals surface area contributed by atoms with E-state index in [1.807, 2.05) is 18.2 Å². The highest BCUT2D eigenvalue weighted by Gasteiger charge is 2.17. The topological polar surface area (TPSA) is 24.9 Å². The van der Waals surface area contributed by atoms with E-state index < -0.39 is 0 Å². The second-order valence-electron chi connectivity index (χ2n) is 6.95. The normalized spacial score (nSPS) is 16.9. The van der Waals surface area contributed by atoms with Gasteiger partial charge in [0.05, 0.1) is 0 Å². The second kappa shape index (κ2) is 7.96. The van der Waals surface area contributed by atoms with E-state index >= 15 is 0 Å². The van der Waals surface area contributed by atoms with Crippen LogP contribution in [0.1, 0.15) is 18.4 Å². The summed E-state index contributed by atoms with van der Waals surface area (Å²) in [5, 5.41) is 0. The molecule has 26 heavy (non-hydrogen) atoms. The zero-order chi connectivity index (χ0) is 17.8. The van der Waals surface area contributed by atoms with Gasteiger partial charge in [0.1, 0.15) is 5.82 Å². The Bertz CT molecular complexity index is 727. The van der Waals surface area contributed by atoms with Crippen LogP contribution < -0.4 is 14.4 Å². The van der Waals surface area contributed by atoms with Crippen LogP contribution in [0.3, 0.4) is 0 Å². The van der Waals surface area contributed by atoms with Gasteiger partial charge in [-0.05, 0) is 67.8 Å². The van der Waals surface area contributed by atoms with Gasteiger partial charge in [-0.1, -0.05) is 6.07 Å². The number of ether oxygens (including phenoxy) is 2. The quantitative estimate of drug-likeness (QED) is 0.737. The molecule has 2 aliphatic rings. The molecule has 0 spiro atoms. The van der Waals surface area contributed by atoms with Crippen molar-refractivity contribution in [2.75, 3.05) is 44.4 Å². The van der Waals surface area contributed by atoms with E-state index in [1.54, 1.807) is 0 Å². The lowest BCUT2D eigenvalue weighted by atomic mass is 10.1. The molecule has 1 fully saturated rings. The lowest BCUT2D eigenvalue weighted by Crippen LogP contribution is -2.46. The molecule has 0 amide bonds. The van der Waals surface area contributed by atoms with Crippen molar-refractivity contribution in [3.05, 3.63) is 53.8 Å². The van der Waals surface area contributed by atoms with Gasteiger partial charge in [-0.2, -0.15) is 0 Å². The number of fused-ring (bicyclic) bond motifs is 1. The number of unbranched alkanes of at least 4 members (excludes halogenated alkanes) is 1. The lowest BCUT2D eigenvalue weighted by Gasteiger charge is -2.36. The monoisotopic (exact) mass is 356 g/mol. The Kier molecular flexibility index (Phi) is 5.25. The molecule has 0 saturated carbocycles. The van der Waals surface area contributed by atoms with Crippen molar-refractivity contribution >= 4 is 5.69 Å². The van der Waals surface area contributed by atoms with E-state index in [0.29, 0.717) is 6.79 Å². The molecule has 0 unspecified atom stereocenters. The molecule has 0 aromatic heterocycles. The van der Waals surface area contributed by atoms with Crippen molar-refractivity contribution < 1.29 is 13.9 Å². The summed E-state index contributed by atoms with van der Waals surface area (Å²) in [6.45, 7) is 5.63. The number of anilines is 1. The van der Waals surface area contributed by atoms with E-state index in [0.717, 1.165) is 56.3 Å². The standard InChI is InChI=1S/C21H25FN2O2/c22-18-5-7-19(8-6-18)24-13-11-23(12-14-24)10-2-1-3-17-4-9-20-21(15-17)26-16-25-20/h4-9,15H,1-3,10-14,16H2. The molecule has 1 saturated heterocycles. The maximum Gasteiger partial charge on any atom is 0.231 e. The Balaban J connectivity index is 1.17. The SMILES string of the molecule is Fc1ccc(N2CCN(CCCCc3ccc4c(c3)OCO4)CC2)cc1. The fourth-order valence-corrected chi connectivity index (χ4v) is 3.64. The van der Waals surface area contributed by atoms with Crippen molar-refractivity contribution in [3.63, 3.8) is 0 Å². The molecular weight excluding hydrogens is 331 g/mol. The van der Waals surface area contributed by atoms with Crippen LogP contribution in [0.4, 0.5) is 10.1 Å². The van der Waals surface area contributed by atoms with E-state index in [1.165, 1.54) is 30.5 Å². The minimum absolute atomic E-state index is 0.171. The van der Waals surface area contributed by atoms with Crippen LogP contribution in [0.2, 0.25) is 0 Å². The average molecular weight is 356 g/mol. The highest BCUT2D eigenvalue weighted by molar-refractivity contribution is 5.46. The van der Waals surface area contributed by atoms with E-state index in [4.69, 9.17) is 9.47 Å². The maximum absolute atomic E-state index is 13.0.